The van der Waals surface area contributed by atoms with Crippen LogP contribution in [0.1, 0.15) is 18.4 Å². The van der Waals surface area contributed by atoms with Gasteiger partial charge in [-0.3, -0.25) is 9.69 Å². The van der Waals surface area contributed by atoms with Crippen molar-refractivity contribution in [3.8, 4) is 5.88 Å². The number of carboxylic acid groups (broad SMARTS) is 1. The molecule has 1 saturated heterocycles. The summed E-state index contributed by atoms with van der Waals surface area (Å²) in [7, 11) is 1.57. The third kappa shape index (κ3) is 2.74. The summed E-state index contributed by atoms with van der Waals surface area (Å²) in [4.78, 5) is 17.1. The van der Waals surface area contributed by atoms with Gasteiger partial charge in [0.05, 0.1) is 7.11 Å². The van der Waals surface area contributed by atoms with Gasteiger partial charge >= 0.3 is 5.97 Å². The van der Waals surface area contributed by atoms with Crippen molar-refractivity contribution >= 4 is 5.97 Å². The largest absolute Gasteiger partial charge is 0.481 e. The van der Waals surface area contributed by atoms with Crippen LogP contribution in [0.2, 0.25) is 0 Å². The number of methoxy groups -OCH3 is 1. The van der Waals surface area contributed by atoms with Gasteiger partial charge in [-0.25, -0.2) is 4.98 Å². The molecule has 0 saturated carbocycles. The molecule has 0 spiro atoms. The van der Waals surface area contributed by atoms with Crippen LogP contribution in [0.25, 0.3) is 0 Å². The van der Waals surface area contributed by atoms with Crippen LogP contribution in [-0.4, -0.2) is 40.7 Å². The zero-order valence-electron chi connectivity index (χ0n) is 9.80. The number of carboxylic acids is 1. The molecule has 92 valence electrons. The van der Waals surface area contributed by atoms with Gasteiger partial charge in [-0.1, -0.05) is 6.07 Å². The fourth-order valence-corrected chi connectivity index (χ4v) is 2.15. The molecule has 1 aromatic rings. The van der Waals surface area contributed by atoms with Crippen LogP contribution in [-0.2, 0) is 11.3 Å². The number of aliphatic carboxylic acids is 1. The normalized spacial score (nSPS) is 20.4. The highest BCUT2D eigenvalue weighted by atomic mass is 16.5. The molecule has 0 aromatic carbocycles. The SMILES string of the molecule is COc1ccc(CN2CCCC2C(=O)O)cn1. The third-order valence-corrected chi connectivity index (χ3v) is 3.04. The van der Waals surface area contributed by atoms with E-state index >= 15 is 0 Å². The van der Waals surface area contributed by atoms with E-state index in [1.54, 1.807) is 19.4 Å². The number of pyridine rings is 1. The first kappa shape index (κ1) is 11.9. The average molecular weight is 236 g/mol. The predicted octanol–water partition coefficient (Wildman–Crippen LogP) is 1.14. The number of likely N-dealkylation sites (tertiary alicyclic amines) is 1. The van der Waals surface area contributed by atoms with Crippen LogP contribution >= 0.6 is 0 Å². The van der Waals surface area contributed by atoms with Gasteiger partial charge in [-0.05, 0) is 24.9 Å². The number of nitrogens with zero attached hydrogens (tertiary/aromatic N) is 2. The maximum absolute atomic E-state index is 11.0. The maximum Gasteiger partial charge on any atom is 0.320 e. The fourth-order valence-electron chi connectivity index (χ4n) is 2.15. The minimum atomic E-state index is -0.732. The molecule has 1 atom stereocenters. The number of hydrogen-bond acceptors (Lipinski definition) is 4. The van der Waals surface area contributed by atoms with Crippen molar-refractivity contribution in [1.29, 1.82) is 0 Å². The number of rotatable bonds is 4. The van der Waals surface area contributed by atoms with Crippen molar-refractivity contribution in [3.63, 3.8) is 0 Å². The molecule has 0 amide bonds. The van der Waals surface area contributed by atoms with E-state index in [2.05, 4.69) is 4.98 Å². The zero-order valence-corrected chi connectivity index (χ0v) is 9.80. The van der Waals surface area contributed by atoms with Crippen molar-refractivity contribution in [3.05, 3.63) is 23.9 Å². The molecule has 17 heavy (non-hydrogen) atoms. The first-order chi connectivity index (χ1) is 8.20. The van der Waals surface area contributed by atoms with Gasteiger partial charge in [-0.2, -0.15) is 0 Å². The third-order valence-electron chi connectivity index (χ3n) is 3.04. The molecule has 2 rings (SSSR count). The molecule has 5 heteroatoms. The smallest absolute Gasteiger partial charge is 0.320 e. The summed E-state index contributed by atoms with van der Waals surface area (Å²) in [5.41, 5.74) is 1.01. The van der Waals surface area contributed by atoms with E-state index in [0.717, 1.165) is 24.9 Å². The Bertz CT molecular complexity index is 391. The molecule has 1 aliphatic rings. The Morgan fingerprint density at radius 2 is 2.47 bits per heavy atom. The van der Waals surface area contributed by atoms with Crippen molar-refractivity contribution in [2.75, 3.05) is 13.7 Å². The van der Waals surface area contributed by atoms with E-state index in [1.807, 2.05) is 11.0 Å². The molecule has 1 aromatic heterocycles. The highest BCUT2D eigenvalue weighted by Gasteiger charge is 2.30. The average Bonchev–Trinajstić information content (AvgIpc) is 2.78. The second-order valence-corrected chi connectivity index (χ2v) is 4.18. The quantitative estimate of drug-likeness (QED) is 0.849. The van der Waals surface area contributed by atoms with Gasteiger partial charge in [0, 0.05) is 18.8 Å². The summed E-state index contributed by atoms with van der Waals surface area (Å²) in [5.74, 6) is -0.158. The topological polar surface area (TPSA) is 62.7 Å². The van der Waals surface area contributed by atoms with E-state index in [9.17, 15) is 4.79 Å². The fraction of sp³-hybridized carbons (Fsp3) is 0.500. The molecular weight excluding hydrogens is 220 g/mol. The van der Waals surface area contributed by atoms with Crippen LogP contribution in [0.5, 0.6) is 5.88 Å². The Balaban J connectivity index is 2.02. The summed E-state index contributed by atoms with van der Waals surface area (Å²) in [6, 6.07) is 3.36. The number of ether oxygens (including phenoxy) is 1. The molecule has 1 fully saturated rings. The van der Waals surface area contributed by atoms with E-state index in [4.69, 9.17) is 9.84 Å². The standard InChI is InChI=1S/C12H16N2O3/c1-17-11-5-4-9(7-13-11)8-14-6-2-3-10(14)12(15)16/h4-5,7,10H,2-3,6,8H2,1H3,(H,15,16). The van der Waals surface area contributed by atoms with Crippen molar-refractivity contribution < 1.29 is 14.6 Å². The monoisotopic (exact) mass is 236 g/mol. The van der Waals surface area contributed by atoms with Gasteiger partial charge in [0.15, 0.2) is 0 Å². The van der Waals surface area contributed by atoms with Gasteiger partial charge in [0.1, 0.15) is 6.04 Å². The zero-order chi connectivity index (χ0) is 12.3. The summed E-state index contributed by atoms with van der Waals surface area (Å²) in [5, 5.41) is 9.07. The highest BCUT2D eigenvalue weighted by molar-refractivity contribution is 5.73. The second kappa shape index (κ2) is 5.14. The Kier molecular flexibility index (Phi) is 3.58. The minimum absolute atomic E-state index is 0.350. The predicted molar refractivity (Wildman–Crippen MR) is 61.9 cm³/mol. The molecule has 1 aliphatic heterocycles. The summed E-state index contributed by atoms with van der Waals surface area (Å²) >= 11 is 0. The number of carbonyl (C=O) groups is 1. The molecule has 0 bridgehead atoms. The Labute approximate surface area is 100 Å². The maximum atomic E-state index is 11.0. The minimum Gasteiger partial charge on any atom is -0.481 e. The second-order valence-electron chi connectivity index (χ2n) is 4.18. The van der Waals surface area contributed by atoms with Crippen LogP contribution in [0.4, 0.5) is 0 Å². The molecule has 5 nitrogen and oxygen atoms in total. The van der Waals surface area contributed by atoms with Gasteiger partial charge < -0.3 is 9.84 Å². The van der Waals surface area contributed by atoms with Gasteiger partial charge in [0.25, 0.3) is 0 Å². The number of hydrogen-bond donors (Lipinski definition) is 1. The lowest BCUT2D eigenvalue weighted by molar-refractivity contribution is -0.142. The van der Waals surface area contributed by atoms with Crippen LogP contribution in [0.3, 0.4) is 0 Å². The van der Waals surface area contributed by atoms with E-state index in [-0.39, 0.29) is 6.04 Å². The lowest BCUT2D eigenvalue weighted by atomic mass is 10.2. The van der Waals surface area contributed by atoms with E-state index < -0.39 is 5.97 Å². The molecule has 2 heterocycles. The van der Waals surface area contributed by atoms with Crippen molar-refractivity contribution in [2.45, 2.75) is 25.4 Å². The summed E-state index contributed by atoms with van der Waals surface area (Å²) in [6.45, 7) is 1.47. The Morgan fingerprint density at radius 3 is 3.06 bits per heavy atom. The van der Waals surface area contributed by atoms with Crippen LogP contribution < -0.4 is 4.74 Å². The molecular formula is C12H16N2O3. The van der Waals surface area contributed by atoms with E-state index in [0.29, 0.717) is 12.4 Å². The number of aromatic nitrogens is 1. The Morgan fingerprint density at radius 1 is 1.65 bits per heavy atom. The van der Waals surface area contributed by atoms with Crippen LogP contribution in [0.15, 0.2) is 18.3 Å². The molecule has 1 N–H and O–H groups in total. The highest BCUT2D eigenvalue weighted by Crippen LogP contribution is 2.20. The summed E-state index contributed by atoms with van der Waals surface area (Å²) in [6.07, 6.45) is 3.41. The molecule has 1 unspecified atom stereocenters. The Hall–Kier alpha value is -1.62. The van der Waals surface area contributed by atoms with Crippen molar-refractivity contribution in [1.82, 2.24) is 9.88 Å². The molecule has 0 aliphatic carbocycles. The van der Waals surface area contributed by atoms with Crippen molar-refractivity contribution in [2.24, 2.45) is 0 Å². The summed E-state index contributed by atoms with van der Waals surface area (Å²) < 4.78 is 4.98. The van der Waals surface area contributed by atoms with E-state index in [1.165, 1.54) is 0 Å². The lowest BCUT2D eigenvalue weighted by Crippen LogP contribution is -2.35. The molecule has 0 radical (unpaired) electrons. The lowest BCUT2D eigenvalue weighted by Gasteiger charge is -2.20. The van der Waals surface area contributed by atoms with Crippen LogP contribution in [0, 0.1) is 0 Å². The van der Waals surface area contributed by atoms with Gasteiger partial charge in [0.2, 0.25) is 5.88 Å². The first-order valence-electron chi connectivity index (χ1n) is 5.66. The van der Waals surface area contributed by atoms with Gasteiger partial charge in [-0.15, -0.1) is 0 Å². The first-order valence-corrected chi connectivity index (χ1v) is 5.66.